The van der Waals surface area contributed by atoms with Crippen molar-refractivity contribution in [3.8, 4) is 23.1 Å². The summed E-state index contributed by atoms with van der Waals surface area (Å²) >= 11 is 6.17. The minimum Gasteiger partial charge on any atom is -0.423 e. The maximum atomic E-state index is 12.5. The Bertz CT molecular complexity index is 940. The molecule has 0 fully saturated rings. The number of rotatable bonds is 3. The van der Waals surface area contributed by atoms with Gasteiger partial charge < -0.3 is 9.26 Å². The van der Waals surface area contributed by atoms with E-state index in [1.54, 1.807) is 55.5 Å². The first kappa shape index (κ1) is 15.8. The second-order valence-corrected chi connectivity index (χ2v) is 5.38. The van der Waals surface area contributed by atoms with Gasteiger partial charge in [0, 0.05) is 5.56 Å². The van der Waals surface area contributed by atoms with Gasteiger partial charge in [0.05, 0.1) is 16.7 Å². The number of hydrogen-bond acceptors (Lipinski definition) is 5. The van der Waals surface area contributed by atoms with E-state index in [-0.39, 0.29) is 5.56 Å². The van der Waals surface area contributed by atoms with Crippen molar-refractivity contribution in [2.45, 2.75) is 6.92 Å². The summed E-state index contributed by atoms with van der Waals surface area (Å²) in [5, 5.41) is 13.2. The van der Waals surface area contributed by atoms with E-state index in [0.717, 1.165) is 0 Å². The number of nitriles is 1. The normalized spacial score (nSPS) is 10.2. The van der Waals surface area contributed by atoms with Crippen LogP contribution in [0.2, 0.25) is 5.02 Å². The molecule has 0 bridgehead atoms. The fraction of sp³-hybridized carbons (Fsp3) is 0.0556. The van der Waals surface area contributed by atoms with Crippen LogP contribution in [0.25, 0.3) is 11.3 Å². The standard InChI is InChI=1S/C18H11ClN2O3/c1-11-16(17(21-24-11)14-4-2-3-5-15(14)19)18(22)23-13-8-6-12(10-20)7-9-13/h2-9H,1H3. The Morgan fingerprint density at radius 3 is 2.58 bits per heavy atom. The minimum absolute atomic E-state index is 0.215. The van der Waals surface area contributed by atoms with Crippen LogP contribution in [0.3, 0.4) is 0 Å². The highest BCUT2D eigenvalue weighted by Crippen LogP contribution is 2.31. The lowest BCUT2D eigenvalue weighted by Gasteiger charge is -2.06. The number of aromatic nitrogens is 1. The molecule has 0 unspecified atom stereocenters. The molecule has 0 saturated heterocycles. The van der Waals surface area contributed by atoms with Crippen molar-refractivity contribution in [1.29, 1.82) is 5.26 Å². The number of ether oxygens (including phenoxy) is 1. The number of hydrogen-bond donors (Lipinski definition) is 0. The van der Waals surface area contributed by atoms with Crippen LogP contribution in [0.1, 0.15) is 21.7 Å². The molecule has 0 spiro atoms. The Balaban J connectivity index is 1.94. The van der Waals surface area contributed by atoms with Crippen LogP contribution in [0.4, 0.5) is 0 Å². The zero-order valence-electron chi connectivity index (χ0n) is 12.6. The molecule has 0 aliphatic heterocycles. The molecule has 0 aliphatic rings. The summed E-state index contributed by atoms with van der Waals surface area (Å²) in [7, 11) is 0. The second-order valence-electron chi connectivity index (χ2n) is 4.97. The monoisotopic (exact) mass is 338 g/mol. The predicted octanol–water partition coefficient (Wildman–Crippen LogP) is 4.39. The van der Waals surface area contributed by atoms with Gasteiger partial charge in [-0.2, -0.15) is 5.26 Å². The molecule has 2 aromatic carbocycles. The van der Waals surface area contributed by atoms with Crippen molar-refractivity contribution in [3.63, 3.8) is 0 Å². The van der Waals surface area contributed by atoms with Crippen molar-refractivity contribution in [2.24, 2.45) is 0 Å². The van der Waals surface area contributed by atoms with E-state index < -0.39 is 5.97 Å². The maximum absolute atomic E-state index is 12.5. The Morgan fingerprint density at radius 2 is 1.92 bits per heavy atom. The van der Waals surface area contributed by atoms with E-state index in [2.05, 4.69) is 5.16 Å². The molecule has 1 heterocycles. The van der Waals surface area contributed by atoms with E-state index in [1.807, 2.05) is 6.07 Å². The molecule has 24 heavy (non-hydrogen) atoms. The minimum atomic E-state index is -0.603. The van der Waals surface area contributed by atoms with Crippen LogP contribution in [0, 0.1) is 18.3 Å². The summed E-state index contributed by atoms with van der Waals surface area (Å²) in [5.41, 5.74) is 1.61. The fourth-order valence-corrected chi connectivity index (χ4v) is 2.43. The van der Waals surface area contributed by atoms with Crippen LogP contribution in [-0.4, -0.2) is 11.1 Å². The average molecular weight is 339 g/mol. The van der Waals surface area contributed by atoms with Gasteiger partial charge in [0.2, 0.25) is 0 Å². The van der Waals surface area contributed by atoms with Gasteiger partial charge in [0.15, 0.2) is 0 Å². The van der Waals surface area contributed by atoms with Gasteiger partial charge in [0.25, 0.3) is 0 Å². The van der Waals surface area contributed by atoms with Gasteiger partial charge in [-0.25, -0.2) is 4.79 Å². The van der Waals surface area contributed by atoms with Crippen molar-refractivity contribution in [1.82, 2.24) is 5.16 Å². The van der Waals surface area contributed by atoms with E-state index in [9.17, 15) is 4.79 Å². The highest BCUT2D eigenvalue weighted by atomic mass is 35.5. The molecule has 0 radical (unpaired) electrons. The third-order valence-corrected chi connectivity index (χ3v) is 3.72. The average Bonchev–Trinajstić information content (AvgIpc) is 2.97. The van der Waals surface area contributed by atoms with E-state index in [0.29, 0.717) is 33.4 Å². The summed E-state index contributed by atoms with van der Waals surface area (Å²) < 4.78 is 10.5. The molecule has 3 aromatic rings. The molecule has 6 heteroatoms. The highest BCUT2D eigenvalue weighted by molar-refractivity contribution is 6.33. The predicted molar refractivity (Wildman–Crippen MR) is 87.8 cm³/mol. The number of nitrogens with zero attached hydrogens (tertiary/aromatic N) is 2. The third kappa shape index (κ3) is 3.00. The van der Waals surface area contributed by atoms with E-state index in [1.165, 1.54) is 0 Å². The number of carbonyl (C=O) groups is 1. The SMILES string of the molecule is Cc1onc(-c2ccccc2Cl)c1C(=O)Oc1ccc(C#N)cc1. The van der Waals surface area contributed by atoms with Gasteiger partial charge in [-0.05, 0) is 37.3 Å². The van der Waals surface area contributed by atoms with E-state index >= 15 is 0 Å². The molecule has 0 saturated carbocycles. The van der Waals surface area contributed by atoms with Crippen LogP contribution < -0.4 is 4.74 Å². The first-order chi connectivity index (χ1) is 11.6. The van der Waals surface area contributed by atoms with Crippen LogP contribution in [0.15, 0.2) is 53.1 Å². The molecule has 0 amide bonds. The number of esters is 1. The maximum Gasteiger partial charge on any atom is 0.349 e. The number of halogens is 1. The molecule has 0 aliphatic carbocycles. The summed E-state index contributed by atoms with van der Waals surface area (Å²) in [6, 6.07) is 15.3. The Morgan fingerprint density at radius 1 is 1.21 bits per heavy atom. The molecule has 1 aromatic heterocycles. The largest absolute Gasteiger partial charge is 0.423 e. The zero-order valence-corrected chi connectivity index (χ0v) is 13.4. The summed E-state index contributed by atoms with van der Waals surface area (Å²) in [4.78, 5) is 12.5. The van der Waals surface area contributed by atoms with Crippen molar-refractivity contribution in [2.75, 3.05) is 0 Å². The van der Waals surface area contributed by atoms with Gasteiger partial charge in [-0.1, -0.05) is 35.0 Å². The lowest BCUT2D eigenvalue weighted by atomic mass is 10.1. The first-order valence-electron chi connectivity index (χ1n) is 7.03. The number of benzene rings is 2. The van der Waals surface area contributed by atoms with E-state index in [4.69, 9.17) is 26.1 Å². The summed E-state index contributed by atoms with van der Waals surface area (Å²) in [6.45, 7) is 1.63. The molecule has 118 valence electrons. The molecule has 0 N–H and O–H groups in total. The van der Waals surface area contributed by atoms with Gasteiger partial charge in [-0.15, -0.1) is 0 Å². The molecule has 0 atom stereocenters. The van der Waals surface area contributed by atoms with Crippen LogP contribution >= 0.6 is 11.6 Å². The summed E-state index contributed by atoms with van der Waals surface area (Å²) in [6.07, 6.45) is 0. The highest BCUT2D eigenvalue weighted by Gasteiger charge is 2.24. The fourth-order valence-electron chi connectivity index (χ4n) is 2.21. The number of carbonyl (C=O) groups excluding carboxylic acids is 1. The van der Waals surface area contributed by atoms with Gasteiger partial charge in [0.1, 0.15) is 22.8 Å². The van der Waals surface area contributed by atoms with Gasteiger partial charge in [-0.3, -0.25) is 0 Å². The molecular weight excluding hydrogens is 328 g/mol. The number of aryl methyl sites for hydroxylation is 1. The molecular formula is C18H11ClN2O3. The quantitative estimate of drug-likeness (QED) is 0.522. The Hall–Kier alpha value is -3.10. The first-order valence-corrected chi connectivity index (χ1v) is 7.41. The van der Waals surface area contributed by atoms with Crippen molar-refractivity contribution < 1.29 is 14.1 Å². The second kappa shape index (κ2) is 6.57. The third-order valence-electron chi connectivity index (χ3n) is 3.39. The lowest BCUT2D eigenvalue weighted by Crippen LogP contribution is -2.10. The summed E-state index contributed by atoms with van der Waals surface area (Å²) in [5.74, 6) is 0.0571. The van der Waals surface area contributed by atoms with Gasteiger partial charge >= 0.3 is 5.97 Å². The Labute approximate surface area is 143 Å². The topological polar surface area (TPSA) is 76.1 Å². The smallest absolute Gasteiger partial charge is 0.349 e. The van der Waals surface area contributed by atoms with Crippen molar-refractivity contribution >= 4 is 17.6 Å². The zero-order chi connectivity index (χ0) is 17.1. The molecule has 5 nitrogen and oxygen atoms in total. The lowest BCUT2D eigenvalue weighted by molar-refractivity contribution is 0.0733. The van der Waals surface area contributed by atoms with Crippen LogP contribution in [-0.2, 0) is 0 Å². The Kier molecular flexibility index (Phi) is 4.32. The van der Waals surface area contributed by atoms with Crippen molar-refractivity contribution in [3.05, 3.63) is 70.4 Å². The van der Waals surface area contributed by atoms with Crippen LogP contribution in [0.5, 0.6) is 5.75 Å². The molecule has 3 rings (SSSR count).